The molecule has 3 rings (SSSR count). The first kappa shape index (κ1) is 12.9. The normalized spacial score (nSPS) is 10.8. The van der Waals surface area contributed by atoms with Crippen molar-refractivity contribution >= 4 is 28.5 Å². The lowest BCUT2D eigenvalue weighted by Crippen LogP contribution is -1.90. The molecule has 102 valence electrons. The van der Waals surface area contributed by atoms with Crippen molar-refractivity contribution in [3.05, 3.63) is 42.5 Å². The van der Waals surface area contributed by atoms with Crippen molar-refractivity contribution in [1.29, 1.82) is 0 Å². The molecule has 5 heteroatoms. The van der Waals surface area contributed by atoms with E-state index < -0.39 is 0 Å². The summed E-state index contributed by atoms with van der Waals surface area (Å²) in [4.78, 5) is 8.95. The molecule has 0 aliphatic rings. The molecule has 0 saturated carbocycles. The Hall–Kier alpha value is -2.14. The molecular formula is C15H15N3OS. The van der Waals surface area contributed by atoms with Crippen LogP contribution in [0.2, 0.25) is 0 Å². The Morgan fingerprint density at radius 1 is 1.20 bits per heavy atom. The van der Waals surface area contributed by atoms with Gasteiger partial charge in [-0.2, -0.15) is 0 Å². The Balaban J connectivity index is 1.86. The molecule has 0 bridgehead atoms. The fraction of sp³-hybridized carbons (Fsp3) is 0.133. The molecular weight excluding hydrogens is 270 g/mol. The predicted octanol–water partition coefficient (Wildman–Crippen LogP) is 3.70. The van der Waals surface area contributed by atoms with E-state index in [0.29, 0.717) is 6.61 Å². The molecule has 1 aromatic heterocycles. The molecule has 20 heavy (non-hydrogen) atoms. The van der Waals surface area contributed by atoms with Gasteiger partial charge >= 0.3 is 0 Å². The summed E-state index contributed by atoms with van der Waals surface area (Å²) in [6.07, 6.45) is 0. The SMILES string of the molecule is CCOc1ccc2nc(Sc3ccc(N)cc3)[nH]c2c1. The molecule has 1 heterocycles. The number of nitrogens with two attached hydrogens (primary N) is 1. The average molecular weight is 285 g/mol. The summed E-state index contributed by atoms with van der Waals surface area (Å²) in [5.74, 6) is 0.854. The average Bonchev–Trinajstić information content (AvgIpc) is 2.83. The summed E-state index contributed by atoms with van der Waals surface area (Å²) in [7, 11) is 0. The number of hydrogen-bond donors (Lipinski definition) is 2. The quantitative estimate of drug-likeness (QED) is 0.717. The summed E-state index contributed by atoms with van der Waals surface area (Å²) in [5.41, 5.74) is 8.36. The summed E-state index contributed by atoms with van der Waals surface area (Å²) in [6.45, 7) is 2.63. The molecule has 2 aromatic carbocycles. The van der Waals surface area contributed by atoms with E-state index in [2.05, 4.69) is 9.97 Å². The molecule has 0 amide bonds. The number of anilines is 1. The van der Waals surface area contributed by atoms with E-state index in [0.717, 1.165) is 32.5 Å². The van der Waals surface area contributed by atoms with Gasteiger partial charge < -0.3 is 15.5 Å². The number of fused-ring (bicyclic) bond motifs is 1. The number of aromatic nitrogens is 2. The van der Waals surface area contributed by atoms with E-state index in [1.807, 2.05) is 49.4 Å². The van der Waals surface area contributed by atoms with Gasteiger partial charge in [-0.05, 0) is 43.3 Å². The monoisotopic (exact) mass is 285 g/mol. The smallest absolute Gasteiger partial charge is 0.171 e. The van der Waals surface area contributed by atoms with Crippen molar-refractivity contribution < 1.29 is 4.74 Å². The fourth-order valence-corrected chi connectivity index (χ4v) is 2.72. The number of nitrogen functional groups attached to an aromatic ring is 1. The van der Waals surface area contributed by atoms with Gasteiger partial charge in [0.15, 0.2) is 5.16 Å². The maximum Gasteiger partial charge on any atom is 0.171 e. The first-order valence-corrected chi connectivity index (χ1v) is 7.22. The van der Waals surface area contributed by atoms with Crippen LogP contribution in [0.5, 0.6) is 5.75 Å². The van der Waals surface area contributed by atoms with Crippen molar-refractivity contribution in [2.24, 2.45) is 0 Å². The first-order valence-electron chi connectivity index (χ1n) is 6.40. The number of ether oxygens (including phenoxy) is 1. The molecule has 0 fully saturated rings. The molecule has 3 N–H and O–H groups in total. The third-order valence-corrected chi connectivity index (χ3v) is 3.73. The van der Waals surface area contributed by atoms with Crippen LogP contribution in [0, 0.1) is 0 Å². The molecule has 0 atom stereocenters. The van der Waals surface area contributed by atoms with Gasteiger partial charge in [0.05, 0.1) is 17.6 Å². The topological polar surface area (TPSA) is 63.9 Å². The highest BCUT2D eigenvalue weighted by atomic mass is 32.2. The van der Waals surface area contributed by atoms with Crippen molar-refractivity contribution in [2.45, 2.75) is 17.0 Å². The number of imidazole rings is 1. The minimum absolute atomic E-state index is 0.659. The molecule has 3 aromatic rings. The minimum Gasteiger partial charge on any atom is -0.494 e. The van der Waals surface area contributed by atoms with Gasteiger partial charge in [-0.1, -0.05) is 11.8 Å². The van der Waals surface area contributed by atoms with Gasteiger partial charge in [0.25, 0.3) is 0 Å². The molecule has 0 unspecified atom stereocenters. The second kappa shape index (κ2) is 5.46. The second-order valence-electron chi connectivity index (χ2n) is 4.33. The molecule has 0 aliphatic heterocycles. The Labute approximate surface area is 121 Å². The lowest BCUT2D eigenvalue weighted by Gasteiger charge is -2.00. The van der Waals surface area contributed by atoms with Crippen LogP contribution in [0.25, 0.3) is 11.0 Å². The summed E-state index contributed by atoms with van der Waals surface area (Å²) in [5, 5.41) is 0.860. The van der Waals surface area contributed by atoms with E-state index in [1.165, 1.54) is 0 Å². The standard InChI is InChI=1S/C15H15N3OS/c1-2-19-11-5-8-13-14(9-11)18-15(17-13)20-12-6-3-10(16)4-7-12/h3-9H,2,16H2,1H3,(H,17,18). The highest BCUT2D eigenvalue weighted by molar-refractivity contribution is 7.99. The molecule has 0 spiro atoms. The van der Waals surface area contributed by atoms with Gasteiger partial charge in [-0.3, -0.25) is 0 Å². The molecule has 4 nitrogen and oxygen atoms in total. The number of benzene rings is 2. The van der Waals surface area contributed by atoms with Crippen LogP contribution in [0.4, 0.5) is 5.69 Å². The number of nitrogens with one attached hydrogen (secondary N) is 1. The molecule has 0 saturated heterocycles. The maximum atomic E-state index is 5.68. The highest BCUT2D eigenvalue weighted by Crippen LogP contribution is 2.28. The largest absolute Gasteiger partial charge is 0.494 e. The Kier molecular flexibility index (Phi) is 3.52. The Bertz CT molecular complexity index is 722. The lowest BCUT2D eigenvalue weighted by molar-refractivity contribution is 0.340. The van der Waals surface area contributed by atoms with E-state index in [-0.39, 0.29) is 0 Å². The summed E-state index contributed by atoms with van der Waals surface area (Å²) in [6, 6.07) is 13.6. The summed E-state index contributed by atoms with van der Waals surface area (Å²) >= 11 is 1.58. The van der Waals surface area contributed by atoms with Crippen LogP contribution >= 0.6 is 11.8 Å². The van der Waals surface area contributed by atoms with Gasteiger partial charge in [0, 0.05) is 16.6 Å². The van der Waals surface area contributed by atoms with E-state index in [9.17, 15) is 0 Å². The van der Waals surface area contributed by atoms with Gasteiger partial charge in [0.1, 0.15) is 5.75 Å². The van der Waals surface area contributed by atoms with E-state index in [4.69, 9.17) is 10.5 Å². The second-order valence-corrected chi connectivity index (χ2v) is 5.39. The van der Waals surface area contributed by atoms with Crippen LogP contribution < -0.4 is 10.5 Å². The van der Waals surface area contributed by atoms with Crippen LogP contribution in [0.15, 0.2) is 52.5 Å². The highest BCUT2D eigenvalue weighted by Gasteiger charge is 2.06. The Morgan fingerprint density at radius 2 is 2.00 bits per heavy atom. The molecule has 0 radical (unpaired) electrons. The zero-order valence-corrected chi connectivity index (χ0v) is 11.9. The van der Waals surface area contributed by atoms with Crippen molar-refractivity contribution in [1.82, 2.24) is 9.97 Å². The number of hydrogen-bond acceptors (Lipinski definition) is 4. The van der Waals surface area contributed by atoms with Crippen LogP contribution in [0.1, 0.15) is 6.92 Å². The van der Waals surface area contributed by atoms with E-state index >= 15 is 0 Å². The van der Waals surface area contributed by atoms with E-state index in [1.54, 1.807) is 11.8 Å². The van der Waals surface area contributed by atoms with Crippen molar-refractivity contribution in [3.8, 4) is 5.75 Å². The Morgan fingerprint density at radius 3 is 2.75 bits per heavy atom. The molecule has 0 aliphatic carbocycles. The number of rotatable bonds is 4. The third kappa shape index (κ3) is 2.72. The lowest BCUT2D eigenvalue weighted by atomic mass is 10.3. The number of aromatic amines is 1. The fourth-order valence-electron chi connectivity index (χ4n) is 1.92. The minimum atomic E-state index is 0.659. The zero-order valence-electron chi connectivity index (χ0n) is 11.1. The van der Waals surface area contributed by atoms with Crippen LogP contribution in [-0.4, -0.2) is 16.6 Å². The number of H-pyrrole nitrogens is 1. The predicted molar refractivity (Wildman–Crippen MR) is 82.2 cm³/mol. The van der Waals surface area contributed by atoms with Crippen LogP contribution in [-0.2, 0) is 0 Å². The third-order valence-electron chi connectivity index (χ3n) is 2.84. The number of nitrogens with zero attached hydrogens (tertiary/aromatic N) is 1. The zero-order chi connectivity index (χ0) is 13.9. The van der Waals surface area contributed by atoms with Crippen molar-refractivity contribution in [2.75, 3.05) is 12.3 Å². The van der Waals surface area contributed by atoms with Gasteiger partial charge in [-0.25, -0.2) is 4.98 Å². The van der Waals surface area contributed by atoms with Gasteiger partial charge in [-0.15, -0.1) is 0 Å². The van der Waals surface area contributed by atoms with Crippen molar-refractivity contribution in [3.63, 3.8) is 0 Å². The van der Waals surface area contributed by atoms with Gasteiger partial charge in [0.2, 0.25) is 0 Å². The summed E-state index contributed by atoms with van der Waals surface area (Å²) < 4.78 is 5.49. The van der Waals surface area contributed by atoms with Crippen LogP contribution in [0.3, 0.4) is 0 Å². The maximum absolute atomic E-state index is 5.68. The first-order chi connectivity index (χ1) is 9.74.